The van der Waals surface area contributed by atoms with Crippen LogP contribution in [0.3, 0.4) is 0 Å². The van der Waals surface area contributed by atoms with E-state index < -0.39 is 18.2 Å². The first kappa shape index (κ1) is 17.9. The highest BCUT2D eigenvalue weighted by Gasteiger charge is 2.39. The molecule has 0 aromatic heterocycles. The predicted molar refractivity (Wildman–Crippen MR) is 94.3 cm³/mol. The van der Waals surface area contributed by atoms with Crippen LogP contribution in [0.1, 0.15) is 50.5 Å². The van der Waals surface area contributed by atoms with Crippen molar-refractivity contribution in [2.45, 2.75) is 69.6 Å². The van der Waals surface area contributed by atoms with Crippen LogP contribution in [0.4, 0.5) is 0 Å². The highest BCUT2D eigenvalue weighted by atomic mass is 16.5. The van der Waals surface area contributed by atoms with Crippen LogP contribution in [0.25, 0.3) is 0 Å². The highest BCUT2D eigenvalue weighted by Crippen LogP contribution is 2.27. The maximum Gasteiger partial charge on any atom is 0.332 e. The van der Waals surface area contributed by atoms with Gasteiger partial charge >= 0.3 is 5.97 Å². The maximum absolute atomic E-state index is 12.8. The number of likely N-dealkylation sites (tertiary alicyclic amines) is 1. The molecule has 0 radical (unpaired) electrons. The van der Waals surface area contributed by atoms with Gasteiger partial charge in [-0.1, -0.05) is 30.3 Å². The summed E-state index contributed by atoms with van der Waals surface area (Å²) in [6, 6.07) is 10.7. The van der Waals surface area contributed by atoms with Gasteiger partial charge in [0.25, 0.3) is 5.91 Å². The molecular weight excluding hydrogens is 318 g/mol. The third kappa shape index (κ3) is 4.60. The van der Waals surface area contributed by atoms with E-state index in [-0.39, 0.29) is 11.9 Å². The fourth-order valence-electron chi connectivity index (χ4n) is 3.96. The number of rotatable bonds is 6. The molecule has 1 aromatic rings. The van der Waals surface area contributed by atoms with E-state index in [1.54, 1.807) is 0 Å². The van der Waals surface area contributed by atoms with Crippen LogP contribution < -0.4 is 0 Å². The number of benzene rings is 1. The average Bonchev–Trinajstić information content (AvgIpc) is 3.13. The minimum Gasteiger partial charge on any atom is -0.479 e. The number of carboxylic acid groups (broad SMARTS) is 1. The Morgan fingerprint density at radius 1 is 1.08 bits per heavy atom. The monoisotopic (exact) mass is 345 g/mol. The quantitative estimate of drug-likeness (QED) is 0.861. The van der Waals surface area contributed by atoms with E-state index in [1.807, 2.05) is 11.0 Å². The topological polar surface area (TPSA) is 66.8 Å². The lowest BCUT2D eigenvalue weighted by molar-refractivity contribution is -0.156. The molecule has 2 fully saturated rings. The van der Waals surface area contributed by atoms with E-state index in [9.17, 15) is 9.59 Å². The van der Waals surface area contributed by atoms with Crippen LogP contribution in [-0.4, -0.2) is 46.7 Å². The van der Waals surface area contributed by atoms with Gasteiger partial charge in [-0.15, -0.1) is 0 Å². The average molecular weight is 345 g/mol. The van der Waals surface area contributed by atoms with Gasteiger partial charge in [0.05, 0.1) is 0 Å². The molecule has 2 aliphatic rings. The Balaban J connectivity index is 1.53. The summed E-state index contributed by atoms with van der Waals surface area (Å²) in [6.07, 6.45) is 5.85. The van der Waals surface area contributed by atoms with Crippen molar-refractivity contribution in [3.05, 3.63) is 35.9 Å². The van der Waals surface area contributed by atoms with Gasteiger partial charge in [0.15, 0.2) is 6.10 Å². The van der Waals surface area contributed by atoms with Crippen LogP contribution in [0.15, 0.2) is 30.3 Å². The maximum atomic E-state index is 12.8. The number of ether oxygens (including phenoxy) is 1. The molecule has 0 aliphatic carbocycles. The Morgan fingerprint density at radius 2 is 1.84 bits per heavy atom. The number of carbonyl (C=O) groups excluding carboxylic acids is 1. The van der Waals surface area contributed by atoms with Gasteiger partial charge in [-0.2, -0.15) is 0 Å². The van der Waals surface area contributed by atoms with Crippen molar-refractivity contribution in [2.75, 3.05) is 6.54 Å². The van der Waals surface area contributed by atoms with Gasteiger partial charge in [-0.05, 0) is 56.9 Å². The molecule has 2 aliphatic heterocycles. The van der Waals surface area contributed by atoms with Crippen LogP contribution in [0.5, 0.6) is 0 Å². The molecule has 0 spiro atoms. The lowest BCUT2D eigenvalue weighted by Crippen LogP contribution is -2.48. The molecule has 136 valence electrons. The molecule has 2 saturated heterocycles. The molecule has 1 N–H and O–H groups in total. The van der Waals surface area contributed by atoms with Crippen molar-refractivity contribution in [2.24, 2.45) is 0 Å². The SMILES string of the molecule is O=C(O)[C@H]1CC[C@@H](C(=O)N2CCCCC2CCCc2ccccc2)O1. The lowest BCUT2D eigenvalue weighted by atomic mass is 9.95. The zero-order valence-electron chi connectivity index (χ0n) is 14.6. The molecular formula is C20H27NO4. The number of hydrogen-bond donors (Lipinski definition) is 1. The first-order chi connectivity index (χ1) is 12.1. The van der Waals surface area contributed by atoms with E-state index in [4.69, 9.17) is 9.84 Å². The fourth-order valence-corrected chi connectivity index (χ4v) is 3.96. The number of aryl methyl sites for hydroxylation is 1. The summed E-state index contributed by atoms with van der Waals surface area (Å²) in [4.78, 5) is 25.8. The summed E-state index contributed by atoms with van der Waals surface area (Å²) in [5.74, 6) is -0.971. The Bertz CT molecular complexity index is 589. The summed E-state index contributed by atoms with van der Waals surface area (Å²) in [6.45, 7) is 0.770. The number of aliphatic carboxylic acids is 1. The molecule has 1 unspecified atom stereocenters. The van der Waals surface area contributed by atoms with Gasteiger partial charge in [0.2, 0.25) is 0 Å². The summed E-state index contributed by atoms with van der Waals surface area (Å²) >= 11 is 0. The molecule has 0 saturated carbocycles. The van der Waals surface area contributed by atoms with Crippen LogP contribution >= 0.6 is 0 Å². The molecule has 3 rings (SSSR count). The summed E-state index contributed by atoms with van der Waals surface area (Å²) < 4.78 is 5.47. The second-order valence-corrected chi connectivity index (χ2v) is 7.09. The van der Waals surface area contributed by atoms with E-state index in [0.29, 0.717) is 12.8 Å². The second-order valence-electron chi connectivity index (χ2n) is 7.09. The van der Waals surface area contributed by atoms with Gasteiger partial charge in [0.1, 0.15) is 6.10 Å². The zero-order chi connectivity index (χ0) is 17.6. The largest absolute Gasteiger partial charge is 0.479 e. The summed E-state index contributed by atoms with van der Waals surface area (Å²) in [7, 11) is 0. The Hall–Kier alpha value is -1.88. The van der Waals surface area contributed by atoms with E-state index in [0.717, 1.165) is 45.1 Å². The van der Waals surface area contributed by atoms with Crippen molar-refractivity contribution < 1.29 is 19.4 Å². The number of hydrogen-bond acceptors (Lipinski definition) is 3. The van der Waals surface area contributed by atoms with E-state index in [1.165, 1.54) is 5.56 Å². The van der Waals surface area contributed by atoms with Crippen molar-refractivity contribution in [3.63, 3.8) is 0 Å². The minimum absolute atomic E-state index is 0.00633. The Morgan fingerprint density at radius 3 is 2.56 bits per heavy atom. The molecule has 5 nitrogen and oxygen atoms in total. The van der Waals surface area contributed by atoms with Crippen LogP contribution in [0, 0.1) is 0 Å². The molecule has 3 atom stereocenters. The van der Waals surface area contributed by atoms with Gasteiger partial charge in [-0.25, -0.2) is 4.79 Å². The third-order valence-electron chi connectivity index (χ3n) is 5.33. The first-order valence-corrected chi connectivity index (χ1v) is 9.38. The number of piperidine rings is 1. The van der Waals surface area contributed by atoms with Crippen molar-refractivity contribution >= 4 is 11.9 Å². The van der Waals surface area contributed by atoms with E-state index >= 15 is 0 Å². The molecule has 5 heteroatoms. The fraction of sp³-hybridized carbons (Fsp3) is 0.600. The summed E-state index contributed by atoms with van der Waals surface area (Å²) in [5.41, 5.74) is 1.33. The predicted octanol–water partition coefficient (Wildman–Crippen LogP) is 3.02. The smallest absolute Gasteiger partial charge is 0.332 e. The number of nitrogens with zero attached hydrogens (tertiary/aromatic N) is 1. The first-order valence-electron chi connectivity index (χ1n) is 9.38. The molecule has 0 bridgehead atoms. The number of carboxylic acids is 1. The number of carbonyl (C=O) groups is 2. The van der Waals surface area contributed by atoms with Crippen LogP contribution in [0.2, 0.25) is 0 Å². The lowest BCUT2D eigenvalue weighted by Gasteiger charge is -2.37. The van der Waals surface area contributed by atoms with Crippen LogP contribution in [-0.2, 0) is 20.7 Å². The summed E-state index contributed by atoms with van der Waals surface area (Å²) in [5, 5.41) is 9.05. The standard InChI is InChI=1S/C20H27NO4/c22-19(17-12-13-18(25-17)20(23)24)21-14-5-4-10-16(21)11-6-9-15-7-2-1-3-8-15/h1-3,7-8,16-18H,4-6,9-14H2,(H,23,24)/t16?,17-,18+/m0/s1. The van der Waals surface area contributed by atoms with Gasteiger partial charge < -0.3 is 14.7 Å². The Kier molecular flexibility index (Phi) is 6.08. The van der Waals surface area contributed by atoms with E-state index in [2.05, 4.69) is 24.3 Å². The molecule has 1 amide bonds. The molecule has 1 aromatic carbocycles. The second kappa shape index (κ2) is 8.48. The van der Waals surface area contributed by atoms with Gasteiger partial charge in [-0.3, -0.25) is 4.79 Å². The van der Waals surface area contributed by atoms with Crippen molar-refractivity contribution in [1.82, 2.24) is 4.90 Å². The zero-order valence-corrected chi connectivity index (χ0v) is 14.6. The normalized spacial score (nSPS) is 26.6. The Labute approximate surface area is 149 Å². The minimum atomic E-state index is -0.964. The van der Waals surface area contributed by atoms with Crippen molar-refractivity contribution in [3.8, 4) is 0 Å². The molecule has 2 heterocycles. The highest BCUT2D eigenvalue weighted by molar-refractivity contribution is 5.83. The molecule has 25 heavy (non-hydrogen) atoms. The number of amides is 1. The third-order valence-corrected chi connectivity index (χ3v) is 5.33. The van der Waals surface area contributed by atoms with Gasteiger partial charge in [0, 0.05) is 12.6 Å². The van der Waals surface area contributed by atoms with Crippen molar-refractivity contribution in [1.29, 1.82) is 0 Å².